The lowest BCUT2D eigenvalue weighted by atomic mass is 10.1. The summed E-state index contributed by atoms with van der Waals surface area (Å²) in [6.07, 6.45) is -0.516. The van der Waals surface area contributed by atoms with Crippen LogP contribution in [-0.4, -0.2) is 73.4 Å². The summed E-state index contributed by atoms with van der Waals surface area (Å²) in [7, 11) is 1.77. The zero-order valence-electron chi connectivity index (χ0n) is 17.6. The molecule has 0 bridgehead atoms. The second kappa shape index (κ2) is 7.66. The van der Waals surface area contributed by atoms with Gasteiger partial charge < -0.3 is 24.8 Å². The molecule has 2 aromatic heterocycles. The van der Waals surface area contributed by atoms with Gasteiger partial charge in [-0.2, -0.15) is 0 Å². The van der Waals surface area contributed by atoms with Gasteiger partial charge in [0.25, 0.3) is 11.8 Å². The highest BCUT2D eigenvalue weighted by molar-refractivity contribution is 6.21. The summed E-state index contributed by atoms with van der Waals surface area (Å²) in [6.45, 7) is 1.83. The van der Waals surface area contributed by atoms with E-state index >= 15 is 0 Å². The molecule has 32 heavy (non-hydrogen) atoms. The molecule has 5 rings (SSSR count). The van der Waals surface area contributed by atoms with E-state index in [2.05, 4.69) is 15.3 Å². The first kappa shape index (κ1) is 20.6. The van der Waals surface area contributed by atoms with Crippen molar-refractivity contribution in [2.45, 2.75) is 37.9 Å². The van der Waals surface area contributed by atoms with Gasteiger partial charge in [-0.3, -0.25) is 14.5 Å². The zero-order chi connectivity index (χ0) is 22.6. The molecule has 3 aromatic rings. The number of fused-ring (bicyclic) bond motifs is 2. The van der Waals surface area contributed by atoms with E-state index in [1.54, 1.807) is 35.9 Å². The van der Waals surface area contributed by atoms with E-state index in [-0.39, 0.29) is 6.54 Å². The molecule has 0 saturated carbocycles. The topological polar surface area (TPSA) is 130 Å². The minimum Gasteiger partial charge on any atom is -0.387 e. The third-order valence-corrected chi connectivity index (χ3v) is 6.16. The van der Waals surface area contributed by atoms with Crippen LogP contribution < -0.4 is 5.32 Å². The van der Waals surface area contributed by atoms with Gasteiger partial charge in [-0.15, -0.1) is 0 Å². The Kier molecular flexibility index (Phi) is 4.92. The van der Waals surface area contributed by atoms with Gasteiger partial charge in [0.05, 0.1) is 23.1 Å². The number of nitrogens with zero attached hydrogens (tertiary/aromatic N) is 4. The van der Waals surface area contributed by atoms with E-state index in [9.17, 15) is 19.8 Å². The molecule has 0 unspecified atom stereocenters. The van der Waals surface area contributed by atoms with Gasteiger partial charge in [0.1, 0.15) is 36.1 Å². The summed E-state index contributed by atoms with van der Waals surface area (Å²) in [5.74, 6) is -0.225. The molecule has 0 aliphatic carbocycles. The average molecular weight is 437 g/mol. The number of hydrogen-bond donors (Lipinski definition) is 3. The number of benzene rings is 1. The van der Waals surface area contributed by atoms with E-state index in [0.717, 1.165) is 15.8 Å². The molecule has 2 aliphatic rings. The summed E-state index contributed by atoms with van der Waals surface area (Å²) in [6, 6.07) is 6.57. The van der Waals surface area contributed by atoms with Crippen LogP contribution in [0.3, 0.4) is 0 Å². The lowest BCUT2D eigenvalue weighted by Gasteiger charge is -2.21. The van der Waals surface area contributed by atoms with Crippen molar-refractivity contribution in [3.05, 3.63) is 53.5 Å². The maximum absolute atomic E-state index is 12.7. The van der Waals surface area contributed by atoms with Crippen molar-refractivity contribution in [3.63, 3.8) is 0 Å². The fourth-order valence-corrected chi connectivity index (χ4v) is 4.51. The first-order valence-electron chi connectivity index (χ1n) is 10.4. The molecule has 2 amide bonds. The summed E-state index contributed by atoms with van der Waals surface area (Å²) >= 11 is 0. The molecule has 1 saturated heterocycles. The first-order chi connectivity index (χ1) is 15.5. The van der Waals surface area contributed by atoms with Crippen LogP contribution >= 0.6 is 0 Å². The largest absolute Gasteiger partial charge is 0.387 e. The highest BCUT2D eigenvalue weighted by atomic mass is 16.6. The highest BCUT2D eigenvalue weighted by Crippen LogP contribution is 2.36. The predicted octanol–water partition coefficient (Wildman–Crippen LogP) is 0.951. The summed E-state index contributed by atoms with van der Waals surface area (Å²) in [4.78, 5) is 35.1. The van der Waals surface area contributed by atoms with Gasteiger partial charge in [-0.25, -0.2) is 9.97 Å². The van der Waals surface area contributed by atoms with Crippen LogP contribution in [0.5, 0.6) is 0 Å². The maximum atomic E-state index is 12.7. The normalized spacial score (nSPS) is 25.1. The lowest BCUT2D eigenvalue weighted by molar-refractivity contribution is -0.0398. The number of anilines is 1. The average Bonchev–Trinajstić information content (AvgIpc) is 3.41. The number of carbonyl (C=O) groups excluding carboxylic acids is 2. The molecule has 10 nitrogen and oxygen atoms in total. The summed E-state index contributed by atoms with van der Waals surface area (Å²) in [5.41, 5.74) is 2.16. The molecule has 1 fully saturated rings. The van der Waals surface area contributed by atoms with Crippen molar-refractivity contribution < 1.29 is 24.5 Å². The Morgan fingerprint density at radius 3 is 2.41 bits per heavy atom. The van der Waals surface area contributed by atoms with E-state index in [0.29, 0.717) is 29.0 Å². The van der Waals surface area contributed by atoms with E-state index in [1.165, 1.54) is 6.33 Å². The van der Waals surface area contributed by atoms with Crippen LogP contribution in [0.15, 0.2) is 36.8 Å². The van der Waals surface area contributed by atoms with Gasteiger partial charge in [0.15, 0.2) is 6.23 Å². The number of aromatic nitrogens is 3. The minimum atomic E-state index is -1.29. The Morgan fingerprint density at radius 1 is 1.09 bits per heavy atom. The van der Waals surface area contributed by atoms with Gasteiger partial charge in [0, 0.05) is 13.2 Å². The number of hydrogen-bond acceptors (Lipinski definition) is 8. The Labute approximate surface area is 183 Å². The second-order valence-electron chi connectivity index (χ2n) is 7.90. The molecule has 166 valence electrons. The molecular formula is C22H23N5O5. The van der Waals surface area contributed by atoms with Crippen LogP contribution in [0.2, 0.25) is 0 Å². The number of aliphatic hydroxyl groups excluding tert-OH is 2. The van der Waals surface area contributed by atoms with Crippen molar-refractivity contribution in [2.24, 2.45) is 0 Å². The Hall–Kier alpha value is -3.34. The van der Waals surface area contributed by atoms with Crippen molar-refractivity contribution in [1.29, 1.82) is 0 Å². The number of carbonyl (C=O) groups is 2. The zero-order valence-corrected chi connectivity index (χ0v) is 17.6. The fraction of sp³-hybridized carbons (Fsp3) is 0.364. The Bertz CT molecular complexity index is 1190. The molecule has 1 aromatic carbocycles. The fourth-order valence-electron chi connectivity index (χ4n) is 4.51. The minimum absolute atomic E-state index is 0.169. The molecule has 4 heterocycles. The number of rotatable bonds is 5. The van der Waals surface area contributed by atoms with Crippen LogP contribution in [0, 0.1) is 0 Å². The summed E-state index contributed by atoms with van der Waals surface area (Å²) < 4.78 is 7.68. The maximum Gasteiger partial charge on any atom is 0.261 e. The predicted molar refractivity (Wildman–Crippen MR) is 114 cm³/mol. The number of amides is 2. The number of nitrogens with one attached hydrogen (secondary N) is 1. The molecule has 10 heteroatoms. The van der Waals surface area contributed by atoms with Crippen molar-refractivity contribution in [2.75, 3.05) is 18.9 Å². The number of ether oxygens (including phenoxy) is 1. The van der Waals surface area contributed by atoms with Crippen molar-refractivity contribution in [3.8, 4) is 0 Å². The van der Waals surface area contributed by atoms with Gasteiger partial charge in [-0.1, -0.05) is 19.1 Å². The molecular weight excluding hydrogens is 414 g/mol. The van der Waals surface area contributed by atoms with E-state index in [1.807, 2.05) is 13.1 Å². The smallest absolute Gasteiger partial charge is 0.261 e. The monoisotopic (exact) mass is 437 g/mol. The van der Waals surface area contributed by atoms with Gasteiger partial charge in [-0.05, 0) is 24.1 Å². The number of imide groups is 1. The number of aliphatic hydroxyl groups is 2. The molecule has 4 atom stereocenters. The summed E-state index contributed by atoms with van der Waals surface area (Å²) in [5, 5.41) is 25.3. The van der Waals surface area contributed by atoms with E-state index < -0.39 is 36.4 Å². The first-order valence-corrected chi connectivity index (χ1v) is 10.4. The molecule has 2 aliphatic heterocycles. The van der Waals surface area contributed by atoms with Crippen molar-refractivity contribution >= 4 is 28.7 Å². The number of aryl methyl sites for hydroxylation is 1. The van der Waals surface area contributed by atoms with Crippen LogP contribution in [0.25, 0.3) is 11.0 Å². The molecule has 3 N–H and O–H groups in total. The second-order valence-corrected chi connectivity index (χ2v) is 7.90. The van der Waals surface area contributed by atoms with Crippen LogP contribution in [-0.2, 0) is 11.2 Å². The SMILES string of the molecule is CCc1cn([C@@H]2O[C@H](CN3C(=O)c4ccccc4C3=O)[C@@H](O)[C@H]2O)c2ncnc(NC)c12. The highest BCUT2D eigenvalue weighted by Gasteiger charge is 2.47. The van der Waals surface area contributed by atoms with E-state index in [4.69, 9.17) is 4.74 Å². The standard InChI is InChI=1S/C22H23N5O5/c1-3-11-8-26(19-15(11)18(23-2)24-10-25-19)22-17(29)16(28)14(32-22)9-27-20(30)12-6-4-5-7-13(12)21(27)31/h4-8,10,14,16-17,22,28-29H,3,9H2,1-2H3,(H,23,24,25)/t14-,16-,17-,22-/m1/s1. The van der Waals surface area contributed by atoms with Gasteiger partial charge >= 0.3 is 0 Å². The molecule has 0 spiro atoms. The third kappa shape index (κ3) is 2.91. The van der Waals surface area contributed by atoms with Crippen molar-refractivity contribution in [1.82, 2.24) is 19.4 Å². The third-order valence-electron chi connectivity index (χ3n) is 6.16. The van der Waals surface area contributed by atoms with Crippen LogP contribution in [0.4, 0.5) is 5.82 Å². The molecule has 0 radical (unpaired) electrons. The lowest BCUT2D eigenvalue weighted by Crippen LogP contribution is -2.42. The quantitative estimate of drug-likeness (QED) is 0.503. The van der Waals surface area contributed by atoms with Crippen LogP contribution in [0.1, 0.15) is 39.4 Å². The Balaban J connectivity index is 1.45. The van der Waals surface area contributed by atoms with Gasteiger partial charge in [0.2, 0.25) is 0 Å². The Morgan fingerprint density at radius 2 is 1.78 bits per heavy atom.